The Balaban J connectivity index is 3.07. The Morgan fingerprint density at radius 1 is 1.21 bits per heavy atom. The Kier molecular flexibility index (Phi) is 5.12. The Morgan fingerprint density at radius 2 is 1.84 bits per heavy atom. The van der Waals surface area contributed by atoms with E-state index in [4.69, 9.17) is 0 Å². The van der Waals surface area contributed by atoms with E-state index in [1.54, 1.807) is 12.1 Å². The van der Waals surface area contributed by atoms with Crippen molar-refractivity contribution in [3.8, 4) is 0 Å². The van der Waals surface area contributed by atoms with Crippen molar-refractivity contribution < 1.29 is 8.42 Å². The highest BCUT2D eigenvalue weighted by Crippen LogP contribution is 2.17. The molecule has 5 heteroatoms. The Bertz CT molecular complexity index is 531. The Labute approximate surface area is 116 Å². The molecular weight excluding hydrogens is 260 g/mol. The fourth-order valence-corrected chi connectivity index (χ4v) is 3.20. The summed E-state index contributed by atoms with van der Waals surface area (Å²) in [5.74, 6) is 0. The lowest BCUT2D eigenvalue weighted by Gasteiger charge is -2.21. The van der Waals surface area contributed by atoms with Crippen LogP contribution in [0.4, 0.5) is 0 Å². The van der Waals surface area contributed by atoms with Gasteiger partial charge in [0.15, 0.2) is 0 Å². The van der Waals surface area contributed by atoms with Crippen LogP contribution in [0.3, 0.4) is 0 Å². The van der Waals surface area contributed by atoms with Crippen LogP contribution < -0.4 is 10.0 Å². The maximum absolute atomic E-state index is 12.3. The van der Waals surface area contributed by atoms with Crippen molar-refractivity contribution in [2.75, 3.05) is 6.54 Å². The van der Waals surface area contributed by atoms with Crippen molar-refractivity contribution in [3.63, 3.8) is 0 Å². The molecule has 0 radical (unpaired) electrons. The maximum Gasteiger partial charge on any atom is 0.241 e. The number of sulfonamides is 1. The predicted octanol–water partition coefficient (Wildman–Crippen LogP) is 2.18. The molecule has 4 nitrogen and oxygen atoms in total. The fourth-order valence-electron chi connectivity index (χ4n) is 1.73. The number of benzene rings is 1. The van der Waals surface area contributed by atoms with E-state index in [1.807, 2.05) is 40.7 Å². The first kappa shape index (κ1) is 16.1. The highest BCUT2D eigenvalue weighted by atomic mass is 32.2. The van der Waals surface area contributed by atoms with Gasteiger partial charge in [0.2, 0.25) is 10.0 Å². The molecule has 0 bridgehead atoms. The summed E-state index contributed by atoms with van der Waals surface area (Å²) >= 11 is 0. The molecule has 1 rings (SSSR count). The molecule has 0 aliphatic rings. The van der Waals surface area contributed by atoms with E-state index in [0.717, 1.165) is 17.7 Å². The molecule has 1 aromatic rings. The molecule has 0 unspecified atom stereocenters. The van der Waals surface area contributed by atoms with Gasteiger partial charge in [-0.3, -0.25) is 0 Å². The molecule has 2 N–H and O–H groups in total. The van der Waals surface area contributed by atoms with Crippen molar-refractivity contribution in [1.82, 2.24) is 10.0 Å². The number of nitrogens with one attached hydrogen (secondary N) is 2. The van der Waals surface area contributed by atoms with E-state index < -0.39 is 15.6 Å². The van der Waals surface area contributed by atoms with Crippen molar-refractivity contribution >= 4 is 10.0 Å². The molecule has 0 amide bonds. The third-order valence-corrected chi connectivity index (χ3v) is 4.39. The first-order valence-corrected chi connectivity index (χ1v) is 7.98. The smallest absolute Gasteiger partial charge is 0.241 e. The van der Waals surface area contributed by atoms with Crippen LogP contribution in [0.25, 0.3) is 0 Å². The second-order valence-corrected chi connectivity index (χ2v) is 7.41. The van der Waals surface area contributed by atoms with Crippen LogP contribution in [0.1, 0.15) is 38.8 Å². The van der Waals surface area contributed by atoms with Crippen molar-refractivity contribution in [2.45, 2.75) is 51.6 Å². The number of aryl methyl sites for hydroxylation is 1. The van der Waals surface area contributed by atoms with Gasteiger partial charge >= 0.3 is 0 Å². The largest absolute Gasteiger partial charge is 0.313 e. The van der Waals surface area contributed by atoms with E-state index in [-0.39, 0.29) is 0 Å². The zero-order chi connectivity index (χ0) is 14.7. The third-order valence-electron chi connectivity index (χ3n) is 2.64. The molecule has 0 aliphatic heterocycles. The number of hydrogen-bond donors (Lipinski definition) is 2. The van der Waals surface area contributed by atoms with Gasteiger partial charge in [-0.25, -0.2) is 13.1 Å². The van der Waals surface area contributed by atoms with E-state index in [2.05, 4.69) is 10.0 Å². The molecule has 1 aromatic carbocycles. The molecule has 0 saturated carbocycles. The topological polar surface area (TPSA) is 58.2 Å². The van der Waals surface area contributed by atoms with E-state index in [1.165, 1.54) is 0 Å². The lowest BCUT2D eigenvalue weighted by atomic mass is 10.1. The van der Waals surface area contributed by atoms with Gasteiger partial charge < -0.3 is 5.32 Å². The second-order valence-electron chi connectivity index (χ2n) is 5.72. The second kappa shape index (κ2) is 6.03. The normalized spacial score (nSPS) is 12.7. The Hall–Kier alpha value is -0.910. The highest BCUT2D eigenvalue weighted by molar-refractivity contribution is 7.89. The minimum atomic E-state index is -3.46. The van der Waals surface area contributed by atoms with Gasteiger partial charge in [-0.15, -0.1) is 0 Å². The van der Waals surface area contributed by atoms with Crippen LogP contribution >= 0.6 is 0 Å². The summed E-state index contributed by atoms with van der Waals surface area (Å²) in [7, 11) is -3.46. The van der Waals surface area contributed by atoms with E-state index in [0.29, 0.717) is 11.4 Å². The molecule has 0 heterocycles. The van der Waals surface area contributed by atoms with Gasteiger partial charge in [-0.05, 0) is 57.5 Å². The van der Waals surface area contributed by atoms with Gasteiger partial charge in [-0.2, -0.15) is 0 Å². The predicted molar refractivity (Wildman–Crippen MR) is 78.6 cm³/mol. The maximum atomic E-state index is 12.3. The summed E-state index contributed by atoms with van der Waals surface area (Å²) in [4.78, 5) is 0.320. The van der Waals surface area contributed by atoms with Gasteiger partial charge in [0.05, 0.1) is 4.90 Å². The standard InChI is InChI=1S/C14H24N2O2S/c1-6-15-10-12-9-13(8-7-11(12)2)19(17,18)16-14(3,4)5/h7-9,15-16H,6,10H2,1-5H3. The molecule has 19 heavy (non-hydrogen) atoms. The van der Waals surface area contributed by atoms with Gasteiger partial charge in [0, 0.05) is 12.1 Å². The minimum Gasteiger partial charge on any atom is -0.313 e. The van der Waals surface area contributed by atoms with Crippen LogP contribution in [-0.2, 0) is 16.6 Å². The SMILES string of the molecule is CCNCc1cc(S(=O)(=O)NC(C)(C)C)ccc1C. The number of hydrogen-bond acceptors (Lipinski definition) is 3. The molecule has 0 aliphatic carbocycles. The number of rotatable bonds is 5. The van der Waals surface area contributed by atoms with Crippen LogP contribution in [0.5, 0.6) is 0 Å². The fraction of sp³-hybridized carbons (Fsp3) is 0.571. The summed E-state index contributed by atoms with van der Waals surface area (Å²) < 4.78 is 27.2. The van der Waals surface area contributed by atoms with E-state index >= 15 is 0 Å². The first-order chi connectivity index (χ1) is 8.65. The average Bonchev–Trinajstić information content (AvgIpc) is 2.24. The molecule has 0 saturated heterocycles. The third kappa shape index (κ3) is 4.93. The molecule has 0 spiro atoms. The quantitative estimate of drug-likeness (QED) is 0.871. The summed E-state index contributed by atoms with van der Waals surface area (Å²) in [5, 5.41) is 3.22. The van der Waals surface area contributed by atoms with Crippen LogP contribution in [0.15, 0.2) is 23.1 Å². The average molecular weight is 284 g/mol. The lowest BCUT2D eigenvalue weighted by Crippen LogP contribution is -2.40. The highest BCUT2D eigenvalue weighted by Gasteiger charge is 2.22. The van der Waals surface area contributed by atoms with Crippen LogP contribution in [0, 0.1) is 6.92 Å². The van der Waals surface area contributed by atoms with Crippen molar-refractivity contribution in [1.29, 1.82) is 0 Å². The summed E-state index contributed by atoms with van der Waals surface area (Å²) in [6, 6.07) is 5.24. The summed E-state index contributed by atoms with van der Waals surface area (Å²) in [5.41, 5.74) is 1.63. The molecule has 0 aromatic heterocycles. The van der Waals surface area contributed by atoms with Gasteiger partial charge in [0.25, 0.3) is 0 Å². The Morgan fingerprint density at radius 3 is 2.37 bits per heavy atom. The summed E-state index contributed by atoms with van der Waals surface area (Å²) in [6.07, 6.45) is 0. The van der Waals surface area contributed by atoms with E-state index in [9.17, 15) is 8.42 Å². The van der Waals surface area contributed by atoms with Gasteiger partial charge in [-0.1, -0.05) is 13.0 Å². The van der Waals surface area contributed by atoms with Crippen molar-refractivity contribution in [3.05, 3.63) is 29.3 Å². The minimum absolute atomic E-state index is 0.320. The van der Waals surface area contributed by atoms with Crippen LogP contribution in [0.2, 0.25) is 0 Å². The first-order valence-electron chi connectivity index (χ1n) is 6.50. The van der Waals surface area contributed by atoms with Gasteiger partial charge in [0.1, 0.15) is 0 Å². The van der Waals surface area contributed by atoms with Crippen LogP contribution in [-0.4, -0.2) is 20.5 Å². The zero-order valence-corrected chi connectivity index (χ0v) is 13.2. The zero-order valence-electron chi connectivity index (χ0n) is 12.4. The van der Waals surface area contributed by atoms with Crippen molar-refractivity contribution in [2.24, 2.45) is 0 Å². The summed E-state index contributed by atoms with van der Waals surface area (Å²) in [6.45, 7) is 11.0. The molecule has 0 atom stereocenters. The lowest BCUT2D eigenvalue weighted by molar-refractivity contribution is 0.491. The molecular formula is C14H24N2O2S. The monoisotopic (exact) mass is 284 g/mol. The molecule has 108 valence electrons. The molecule has 0 fully saturated rings.